The first-order valence-corrected chi connectivity index (χ1v) is 10.6. The third-order valence-electron chi connectivity index (χ3n) is 5.58. The fourth-order valence-corrected chi connectivity index (χ4v) is 6.49. The lowest BCUT2D eigenvalue weighted by molar-refractivity contribution is 0.321. The highest BCUT2D eigenvalue weighted by molar-refractivity contribution is 7.92. The zero-order valence-corrected chi connectivity index (χ0v) is 15.5. The SMILES string of the molecule is O=S1(=O)c2ccc(-c3ccncc3)cc2[C@H]2CN(Cc3ccccn3)C[C@@H]21. The summed E-state index contributed by atoms with van der Waals surface area (Å²) >= 11 is 0. The summed E-state index contributed by atoms with van der Waals surface area (Å²) in [7, 11) is -3.28. The molecule has 0 bridgehead atoms. The number of pyridine rings is 2. The highest BCUT2D eigenvalue weighted by Gasteiger charge is 2.50. The first-order chi connectivity index (χ1) is 13.1. The van der Waals surface area contributed by atoms with Crippen LogP contribution in [-0.2, 0) is 16.4 Å². The second-order valence-corrected chi connectivity index (χ2v) is 9.33. The third-order valence-corrected chi connectivity index (χ3v) is 7.84. The van der Waals surface area contributed by atoms with Gasteiger partial charge in [0.2, 0.25) is 0 Å². The molecular formula is C21H19N3O2S. The molecule has 5 rings (SSSR count). The Balaban J connectivity index is 1.49. The quantitative estimate of drug-likeness (QED) is 0.702. The second kappa shape index (κ2) is 6.25. The molecule has 2 atom stereocenters. The summed E-state index contributed by atoms with van der Waals surface area (Å²) in [6.07, 6.45) is 5.29. The molecule has 5 nitrogen and oxygen atoms in total. The molecule has 0 amide bonds. The summed E-state index contributed by atoms with van der Waals surface area (Å²) in [4.78, 5) is 11.1. The van der Waals surface area contributed by atoms with E-state index in [2.05, 4.69) is 20.9 Å². The molecule has 2 aromatic heterocycles. The Bertz CT molecular complexity index is 1080. The zero-order valence-electron chi connectivity index (χ0n) is 14.7. The summed E-state index contributed by atoms with van der Waals surface area (Å²) in [5, 5.41) is -0.357. The number of benzene rings is 1. The monoisotopic (exact) mass is 377 g/mol. The maximum Gasteiger partial charge on any atom is 0.183 e. The van der Waals surface area contributed by atoms with Gasteiger partial charge in [-0.1, -0.05) is 12.1 Å². The number of rotatable bonds is 3. The van der Waals surface area contributed by atoms with Crippen LogP contribution in [0.3, 0.4) is 0 Å². The van der Waals surface area contributed by atoms with Gasteiger partial charge in [-0.25, -0.2) is 8.42 Å². The van der Waals surface area contributed by atoms with E-state index >= 15 is 0 Å². The van der Waals surface area contributed by atoms with Crippen molar-refractivity contribution >= 4 is 9.84 Å². The molecule has 0 unspecified atom stereocenters. The molecule has 136 valence electrons. The molecule has 3 aromatic rings. The van der Waals surface area contributed by atoms with E-state index in [0.29, 0.717) is 18.0 Å². The van der Waals surface area contributed by atoms with Crippen LogP contribution in [0.15, 0.2) is 72.0 Å². The van der Waals surface area contributed by atoms with Gasteiger partial charge in [-0.05, 0) is 53.1 Å². The molecule has 4 heterocycles. The van der Waals surface area contributed by atoms with Crippen LogP contribution in [0, 0.1) is 0 Å². The second-order valence-electron chi connectivity index (χ2n) is 7.19. The van der Waals surface area contributed by atoms with Gasteiger partial charge in [0.15, 0.2) is 9.84 Å². The Morgan fingerprint density at radius 3 is 2.59 bits per heavy atom. The summed E-state index contributed by atoms with van der Waals surface area (Å²) in [6.45, 7) is 1.98. The Morgan fingerprint density at radius 1 is 0.963 bits per heavy atom. The van der Waals surface area contributed by atoms with Gasteiger partial charge in [-0.3, -0.25) is 14.9 Å². The van der Waals surface area contributed by atoms with Gasteiger partial charge in [0.25, 0.3) is 0 Å². The number of likely N-dealkylation sites (tertiary alicyclic amines) is 1. The molecule has 1 saturated heterocycles. The molecule has 1 aromatic carbocycles. The third kappa shape index (κ3) is 2.76. The first-order valence-electron chi connectivity index (χ1n) is 9.03. The van der Waals surface area contributed by atoms with Crippen molar-refractivity contribution in [3.63, 3.8) is 0 Å². The van der Waals surface area contributed by atoms with E-state index in [-0.39, 0.29) is 11.2 Å². The van der Waals surface area contributed by atoms with Crippen molar-refractivity contribution in [3.05, 3.63) is 78.4 Å². The lowest BCUT2D eigenvalue weighted by atomic mass is 9.95. The number of fused-ring (bicyclic) bond motifs is 3. The van der Waals surface area contributed by atoms with Crippen molar-refractivity contribution < 1.29 is 8.42 Å². The van der Waals surface area contributed by atoms with E-state index in [0.717, 1.165) is 28.9 Å². The van der Waals surface area contributed by atoms with E-state index in [1.54, 1.807) is 24.7 Å². The van der Waals surface area contributed by atoms with Crippen LogP contribution in [-0.4, -0.2) is 41.6 Å². The van der Waals surface area contributed by atoms with Crippen molar-refractivity contribution in [2.45, 2.75) is 22.6 Å². The molecule has 0 N–H and O–H groups in total. The average molecular weight is 377 g/mol. The van der Waals surface area contributed by atoms with Crippen LogP contribution in [0.5, 0.6) is 0 Å². The van der Waals surface area contributed by atoms with Gasteiger partial charge < -0.3 is 0 Å². The van der Waals surface area contributed by atoms with Crippen molar-refractivity contribution in [3.8, 4) is 11.1 Å². The van der Waals surface area contributed by atoms with E-state index < -0.39 is 9.84 Å². The van der Waals surface area contributed by atoms with Gasteiger partial charge in [0.1, 0.15) is 0 Å². The van der Waals surface area contributed by atoms with E-state index in [1.807, 2.05) is 36.4 Å². The maximum absolute atomic E-state index is 13.1. The molecule has 0 radical (unpaired) electrons. The normalized spacial score (nSPS) is 23.1. The Morgan fingerprint density at radius 2 is 1.81 bits per heavy atom. The highest BCUT2D eigenvalue weighted by Crippen LogP contribution is 2.46. The van der Waals surface area contributed by atoms with E-state index in [4.69, 9.17) is 0 Å². The van der Waals surface area contributed by atoms with Crippen LogP contribution >= 0.6 is 0 Å². The summed E-state index contributed by atoms with van der Waals surface area (Å²) in [5.74, 6) is 0.0236. The molecule has 0 saturated carbocycles. The highest BCUT2D eigenvalue weighted by atomic mass is 32.2. The van der Waals surface area contributed by atoms with Crippen LogP contribution in [0.1, 0.15) is 17.2 Å². The number of hydrogen-bond donors (Lipinski definition) is 0. The number of hydrogen-bond acceptors (Lipinski definition) is 5. The van der Waals surface area contributed by atoms with E-state index in [1.165, 1.54) is 0 Å². The van der Waals surface area contributed by atoms with Crippen molar-refractivity contribution in [1.82, 2.24) is 14.9 Å². The maximum atomic E-state index is 13.1. The Kier molecular flexibility index (Phi) is 3.84. The Labute approximate surface area is 158 Å². The predicted octanol–water partition coefficient (Wildman–Crippen LogP) is 2.90. The van der Waals surface area contributed by atoms with Crippen LogP contribution in [0.2, 0.25) is 0 Å². The van der Waals surface area contributed by atoms with Crippen molar-refractivity contribution in [1.29, 1.82) is 0 Å². The fraction of sp³-hybridized carbons (Fsp3) is 0.238. The van der Waals surface area contributed by atoms with Crippen LogP contribution in [0.4, 0.5) is 0 Å². The van der Waals surface area contributed by atoms with Crippen LogP contribution < -0.4 is 0 Å². The molecule has 2 aliphatic heterocycles. The molecule has 1 fully saturated rings. The topological polar surface area (TPSA) is 63.2 Å². The van der Waals surface area contributed by atoms with E-state index in [9.17, 15) is 8.42 Å². The zero-order chi connectivity index (χ0) is 18.4. The van der Waals surface area contributed by atoms with Crippen LogP contribution in [0.25, 0.3) is 11.1 Å². The first kappa shape index (κ1) is 16.6. The van der Waals surface area contributed by atoms with Gasteiger partial charge in [0, 0.05) is 44.1 Å². The molecular weight excluding hydrogens is 358 g/mol. The fourth-order valence-electron chi connectivity index (χ4n) is 4.30. The minimum absolute atomic E-state index is 0.0236. The molecule has 0 aliphatic carbocycles. The Hall–Kier alpha value is -2.57. The number of nitrogens with zero attached hydrogens (tertiary/aromatic N) is 3. The minimum atomic E-state index is -3.28. The standard InChI is InChI=1S/C21H19N3O2S/c25-27(26)20-5-4-16(15-6-9-22-10-7-15)11-18(20)19-13-24(14-21(19)27)12-17-3-1-2-8-23-17/h1-11,19,21H,12-14H2/t19-,21+/m1/s1. The predicted molar refractivity (Wildman–Crippen MR) is 103 cm³/mol. The smallest absolute Gasteiger partial charge is 0.183 e. The minimum Gasteiger partial charge on any atom is -0.296 e. The lowest BCUT2D eigenvalue weighted by Gasteiger charge is -2.17. The van der Waals surface area contributed by atoms with Crippen molar-refractivity contribution in [2.24, 2.45) is 0 Å². The van der Waals surface area contributed by atoms with Crippen molar-refractivity contribution in [2.75, 3.05) is 13.1 Å². The van der Waals surface area contributed by atoms with Gasteiger partial charge in [-0.2, -0.15) is 0 Å². The molecule has 6 heteroatoms. The number of aromatic nitrogens is 2. The van der Waals surface area contributed by atoms with Gasteiger partial charge in [0.05, 0.1) is 15.8 Å². The van der Waals surface area contributed by atoms with Gasteiger partial charge >= 0.3 is 0 Å². The summed E-state index contributed by atoms with van der Waals surface area (Å²) < 4.78 is 26.1. The molecule has 27 heavy (non-hydrogen) atoms. The largest absolute Gasteiger partial charge is 0.296 e. The van der Waals surface area contributed by atoms with Gasteiger partial charge in [-0.15, -0.1) is 0 Å². The summed E-state index contributed by atoms with van der Waals surface area (Å²) in [5.41, 5.74) is 4.02. The molecule has 2 aliphatic rings. The molecule has 0 spiro atoms. The lowest BCUT2D eigenvalue weighted by Crippen LogP contribution is -2.26. The number of sulfone groups is 1. The average Bonchev–Trinajstić information content (AvgIpc) is 3.21. The summed E-state index contributed by atoms with van der Waals surface area (Å²) in [6, 6.07) is 15.5.